The molecule has 2 unspecified atom stereocenters. The summed E-state index contributed by atoms with van der Waals surface area (Å²) < 4.78 is 5.50. The summed E-state index contributed by atoms with van der Waals surface area (Å²) in [7, 11) is 1.76. The molecule has 0 radical (unpaired) electrons. The van der Waals surface area contributed by atoms with Gasteiger partial charge in [0.1, 0.15) is 0 Å². The summed E-state index contributed by atoms with van der Waals surface area (Å²) in [5.41, 5.74) is 0.985. The Balaban J connectivity index is 0.00000312. The summed E-state index contributed by atoms with van der Waals surface area (Å²) >= 11 is 12.1. The molecule has 0 spiro atoms. The monoisotopic (exact) mass is 500 g/mol. The number of nitrogens with one attached hydrogen (secondary N) is 2. The van der Waals surface area contributed by atoms with Crippen LogP contribution >= 0.6 is 47.2 Å². The summed E-state index contributed by atoms with van der Waals surface area (Å²) in [5.74, 6) is 0.758. The summed E-state index contributed by atoms with van der Waals surface area (Å²) in [6, 6.07) is 6.35. The Hall–Kier alpha value is -0.280. The van der Waals surface area contributed by atoms with Crippen molar-refractivity contribution < 1.29 is 4.74 Å². The van der Waals surface area contributed by atoms with Crippen molar-refractivity contribution >= 4 is 53.1 Å². The third-order valence-corrected chi connectivity index (χ3v) is 4.82. The molecule has 0 saturated carbocycles. The zero-order chi connectivity index (χ0) is 17.5. The number of aliphatic imine (C=N–C) groups is 1. The van der Waals surface area contributed by atoms with Crippen LogP contribution in [0.15, 0.2) is 23.2 Å². The van der Waals surface area contributed by atoms with Crippen molar-refractivity contribution in [3.05, 3.63) is 33.8 Å². The summed E-state index contributed by atoms with van der Waals surface area (Å²) in [6.07, 6.45) is 0. The molecule has 1 fully saturated rings. The molecule has 1 saturated heterocycles. The maximum Gasteiger partial charge on any atom is 0.191 e. The third kappa shape index (κ3) is 7.09. The van der Waals surface area contributed by atoms with Gasteiger partial charge in [0.25, 0.3) is 0 Å². The SMILES string of the molecule is CN=C(NCc1ccc(Cl)cc1Cl)NCC(C)N1CCOCC1C.I. The van der Waals surface area contributed by atoms with Crippen molar-refractivity contribution in [3.8, 4) is 0 Å². The number of guanidine groups is 1. The lowest BCUT2D eigenvalue weighted by molar-refractivity contribution is -0.0174. The molecule has 1 aromatic carbocycles. The maximum absolute atomic E-state index is 6.20. The van der Waals surface area contributed by atoms with Gasteiger partial charge in [-0.3, -0.25) is 9.89 Å². The average Bonchev–Trinajstić information content (AvgIpc) is 2.56. The first-order valence-electron chi connectivity index (χ1n) is 8.23. The Morgan fingerprint density at radius 2 is 2.16 bits per heavy atom. The lowest BCUT2D eigenvalue weighted by Gasteiger charge is -2.38. The van der Waals surface area contributed by atoms with Gasteiger partial charge in [0.05, 0.1) is 13.2 Å². The zero-order valence-corrected chi connectivity index (χ0v) is 18.7. The first-order chi connectivity index (χ1) is 11.5. The third-order valence-electron chi connectivity index (χ3n) is 4.24. The Morgan fingerprint density at radius 3 is 2.80 bits per heavy atom. The number of morpholine rings is 1. The number of nitrogens with zero attached hydrogens (tertiary/aromatic N) is 2. The van der Waals surface area contributed by atoms with Crippen molar-refractivity contribution in [2.24, 2.45) is 4.99 Å². The maximum atomic E-state index is 6.20. The van der Waals surface area contributed by atoms with Crippen LogP contribution in [0, 0.1) is 0 Å². The molecule has 142 valence electrons. The van der Waals surface area contributed by atoms with Crippen molar-refractivity contribution in [1.82, 2.24) is 15.5 Å². The fourth-order valence-corrected chi connectivity index (χ4v) is 3.30. The summed E-state index contributed by atoms with van der Waals surface area (Å²) in [4.78, 5) is 6.73. The largest absolute Gasteiger partial charge is 0.379 e. The van der Waals surface area contributed by atoms with Gasteiger partial charge in [0, 0.05) is 48.8 Å². The van der Waals surface area contributed by atoms with E-state index in [0.29, 0.717) is 28.7 Å². The first-order valence-corrected chi connectivity index (χ1v) is 8.98. The van der Waals surface area contributed by atoms with Gasteiger partial charge in [0.15, 0.2) is 5.96 Å². The van der Waals surface area contributed by atoms with Crippen LogP contribution < -0.4 is 10.6 Å². The van der Waals surface area contributed by atoms with E-state index in [1.165, 1.54) is 0 Å². The Bertz CT molecular complexity index is 574. The molecular weight excluding hydrogens is 474 g/mol. The highest BCUT2D eigenvalue weighted by atomic mass is 127. The van der Waals surface area contributed by atoms with E-state index >= 15 is 0 Å². The second-order valence-electron chi connectivity index (χ2n) is 6.05. The molecule has 1 aliphatic heterocycles. The van der Waals surface area contributed by atoms with E-state index < -0.39 is 0 Å². The van der Waals surface area contributed by atoms with Crippen LogP contribution in [0.4, 0.5) is 0 Å². The van der Waals surface area contributed by atoms with Gasteiger partial charge in [-0.1, -0.05) is 29.3 Å². The molecule has 0 aliphatic carbocycles. The Kier molecular flexibility index (Phi) is 10.4. The van der Waals surface area contributed by atoms with Crippen molar-refractivity contribution in [2.75, 3.05) is 33.4 Å². The van der Waals surface area contributed by atoms with Gasteiger partial charge in [0.2, 0.25) is 0 Å². The highest BCUT2D eigenvalue weighted by Crippen LogP contribution is 2.20. The van der Waals surface area contributed by atoms with Crippen molar-refractivity contribution in [2.45, 2.75) is 32.5 Å². The predicted octanol–water partition coefficient (Wildman–Crippen LogP) is 3.39. The molecule has 1 heterocycles. The van der Waals surface area contributed by atoms with Crippen LogP contribution in [0.3, 0.4) is 0 Å². The molecule has 8 heteroatoms. The lowest BCUT2D eigenvalue weighted by Crippen LogP contribution is -2.52. The van der Waals surface area contributed by atoms with Crippen molar-refractivity contribution in [1.29, 1.82) is 0 Å². The standard InChI is InChI=1S/C17H26Cl2N4O.HI/c1-12(23-6-7-24-11-13(23)2)9-21-17(20-3)22-10-14-4-5-15(18)8-16(14)19;/h4-5,8,12-13H,6-7,9-11H2,1-3H3,(H2,20,21,22);1H. The van der Waals surface area contributed by atoms with Gasteiger partial charge >= 0.3 is 0 Å². The molecule has 1 aliphatic rings. The molecule has 0 bridgehead atoms. The van der Waals surface area contributed by atoms with Crippen LogP contribution in [-0.2, 0) is 11.3 Å². The minimum atomic E-state index is 0. The van der Waals surface area contributed by atoms with E-state index in [9.17, 15) is 0 Å². The number of ether oxygens (including phenoxy) is 1. The van der Waals surface area contributed by atoms with E-state index in [2.05, 4.69) is 34.4 Å². The summed E-state index contributed by atoms with van der Waals surface area (Å²) in [6.45, 7) is 8.40. The van der Waals surface area contributed by atoms with Gasteiger partial charge in [-0.25, -0.2) is 0 Å². The van der Waals surface area contributed by atoms with Crippen LogP contribution in [0.25, 0.3) is 0 Å². The topological polar surface area (TPSA) is 48.9 Å². The van der Waals surface area contributed by atoms with Crippen LogP contribution in [0.2, 0.25) is 10.0 Å². The number of halogens is 3. The molecule has 5 nitrogen and oxygen atoms in total. The number of benzene rings is 1. The van der Waals surface area contributed by atoms with Gasteiger partial charge in [-0.2, -0.15) is 0 Å². The molecule has 2 rings (SSSR count). The van der Waals surface area contributed by atoms with Gasteiger partial charge in [-0.05, 0) is 31.5 Å². The average molecular weight is 501 g/mol. The van der Waals surface area contributed by atoms with E-state index in [1.807, 2.05) is 12.1 Å². The first kappa shape index (κ1) is 22.8. The Morgan fingerprint density at radius 1 is 1.40 bits per heavy atom. The van der Waals surface area contributed by atoms with E-state index in [4.69, 9.17) is 27.9 Å². The second kappa shape index (κ2) is 11.4. The molecule has 0 aromatic heterocycles. The molecule has 0 amide bonds. The quantitative estimate of drug-likeness (QED) is 0.369. The highest BCUT2D eigenvalue weighted by molar-refractivity contribution is 14.0. The van der Waals surface area contributed by atoms with Crippen LogP contribution in [-0.4, -0.2) is 56.3 Å². The fraction of sp³-hybridized carbons (Fsp3) is 0.588. The number of rotatable bonds is 5. The van der Waals surface area contributed by atoms with Crippen LogP contribution in [0.5, 0.6) is 0 Å². The normalized spacial score (nSPS) is 19.9. The Labute approximate surface area is 177 Å². The molecular formula is C17H27Cl2IN4O. The van der Waals surface area contributed by atoms with Gasteiger partial charge in [-0.15, -0.1) is 24.0 Å². The number of hydrogen-bond acceptors (Lipinski definition) is 3. The fourth-order valence-electron chi connectivity index (χ4n) is 2.82. The van der Waals surface area contributed by atoms with Crippen molar-refractivity contribution in [3.63, 3.8) is 0 Å². The van der Waals surface area contributed by atoms with E-state index in [1.54, 1.807) is 13.1 Å². The summed E-state index contributed by atoms with van der Waals surface area (Å²) in [5, 5.41) is 7.95. The minimum absolute atomic E-state index is 0. The second-order valence-corrected chi connectivity index (χ2v) is 6.90. The van der Waals surface area contributed by atoms with E-state index in [0.717, 1.165) is 37.8 Å². The van der Waals surface area contributed by atoms with Crippen LogP contribution in [0.1, 0.15) is 19.4 Å². The lowest BCUT2D eigenvalue weighted by atomic mass is 10.2. The highest BCUT2D eigenvalue weighted by Gasteiger charge is 2.23. The number of hydrogen-bond donors (Lipinski definition) is 2. The predicted molar refractivity (Wildman–Crippen MR) is 117 cm³/mol. The molecule has 1 aromatic rings. The smallest absolute Gasteiger partial charge is 0.191 e. The van der Waals surface area contributed by atoms with E-state index in [-0.39, 0.29) is 24.0 Å². The molecule has 25 heavy (non-hydrogen) atoms. The molecule has 2 atom stereocenters. The molecule has 2 N–H and O–H groups in total. The zero-order valence-electron chi connectivity index (χ0n) is 14.9. The van der Waals surface area contributed by atoms with Gasteiger partial charge < -0.3 is 15.4 Å². The minimum Gasteiger partial charge on any atom is -0.379 e.